The lowest BCUT2D eigenvalue weighted by molar-refractivity contribution is 0.464. The fraction of sp³-hybridized carbons (Fsp3) is 0.154. The van der Waals surface area contributed by atoms with Gasteiger partial charge >= 0.3 is 0 Å². The topological polar surface area (TPSA) is 76.3 Å². The van der Waals surface area contributed by atoms with Crippen molar-refractivity contribution in [3.05, 3.63) is 53.2 Å². The smallest absolute Gasteiger partial charge is 0.262 e. The summed E-state index contributed by atoms with van der Waals surface area (Å²) in [5.41, 5.74) is 6.64. The molecule has 2 rings (SSSR count). The van der Waals surface area contributed by atoms with Crippen LogP contribution in [0, 0.1) is 0 Å². The van der Waals surface area contributed by atoms with Crippen LogP contribution in [0.4, 0.5) is 5.69 Å². The molecule has 7 heteroatoms. The first kappa shape index (κ1) is 14.8. The molecule has 0 radical (unpaired) electrons. The summed E-state index contributed by atoms with van der Waals surface area (Å²) in [5.74, 6) is 0. The minimum absolute atomic E-state index is 0.128. The second kappa shape index (κ2) is 5.78. The van der Waals surface area contributed by atoms with E-state index < -0.39 is 10.0 Å². The van der Waals surface area contributed by atoms with E-state index in [2.05, 4.69) is 4.98 Å². The van der Waals surface area contributed by atoms with Gasteiger partial charge < -0.3 is 5.73 Å². The van der Waals surface area contributed by atoms with Gasteiger partial charge in [-0.05, 0) is 29.8 Å². The summed E-state index contributed by atoms with van der Waals surface area (Å²) in [6.45, 7) is 0.218. The number of sulfonamides is 1. The zero-order valence-electron chi connectivity index (χ0n) is 10.8. The van der Waals surface area contributed by atoms with E-state index in [0.29, 0.717) is 5.02 Å². The van der Waals surface area contributed by atoms with E-state index in [9.17, 15) is 8.42 Å². The Kier molecular flexibility index (Phi) is 4.27. The Balaban J connectivity index is 2.26. The number of anilines is 1. The summed E-state index contributed by atoms with van der Waals surface area (Å²) < 4.78 is 26.0. The molecular formula is C13H14ClN3O2S. The van der Waals surface area contributed by atoms with Gasteiger partial charge in [0.05, 0.1) is 5.69 Å². The number of nitrogen functional groups attached to an aromatic ring is 1. The average molecular weight is 312 g/mol. The lowest BCUT2D eigenvalue weighted by atomic mass is 10.2. The Bertz CT molecular complexity index is 702. The molecule has 0 saturated heterocycles. The molecule has 0 bridgehead atoms. The van der Waals surface area contributed by atoms with Crippen molar-refractivity contribution in [3.8, 4) is 0 Å². The van der Waals surface area contributed by atoms with Crippen molar-refractivity contribution in [2.45, 2.75) is 11.6 Å². The molecule has 0 spiro atoms. The lowest BCUT2D eigenvalue weighted by Crippen LogP contribution is -2.28. The molecule has 2 N–H and O–H groups in total. The largest absolute Gasteiger partial charge is 0.396 e. The molecule has 1 aromatic carbocycles. The Hall–Kier alpha value is -1.63. The summed E-state index contributed by atoms with van der Waals surface area (Å²) in [6.07, 6.45) is 1.40. The second-order valence-corrected chi connectivity index (χ2v) is 6.68. The molecule has 0 saturated carbocycles. The summed E-state index contributed by atoms with van der Waals surface area (Å²) in [7, 11) is -2.23. The number of hydrogen-bond donors (Lipinski definition) is 1. The third-order valence-electron chi connectivity index (χ3n) is 2.77. The maximum atomic E-state index is 12.4. The van der Waals surface area contributed by atoms with Gasteiger partial charge in [0.15, 0.2) is 5.03 Å². The number of pyridine rings is 1. The number of rotatable bonds is 4. The van der Waals surface area contributed by atoms with Crippen LogP contribution in [0.1, 0.15) is 5.56 Å². The molecule has 0 unspecified atom stereocenters. The highest BCUT2D eigenvalue weighted by atomic mass is 35.5. The number of nitrogens with two attached hydrogens (primary N) is 1. The van der Waals surface area contributed by atoms with Crippen LogP contribution >= 0.6 is 11.6 Å². The van der Waals surface area contributed by atoms with Crippen LogP contribution in [0.15, 0.2) is 47.6 Å². The van der Waals surface area contributed by atoms with Gasteiger partial charge in [0.1, 0.15) is 0 Å². The molecule has 1 heterocycles. The molecule has 106 valence electrons. The number of nitrogens with zero attached hydrogens (tertiary/aromatic N) is 2. The van der Waals surface area contributed by atoms with Crippen molar-refractivity contribution in [2.24, 2.45) is 0 Å². The number of hydrogen-bond acceptors (Lipinski definition) is 4. The van der Waals surface area contributed by atoms with Gasteiger partial charge in [-0.2, -0.15) is 4.31 Å². The Morgan fingerprint density at radius 2 is 1.90 bits per heavy atom. The first-order chi connectivity index (χ1) is 9.41. The summed E-state index contributed by atoms with van der Waals surface area (Å²) in [5, 5.41) is 0.477. The van der Waals surface area contributed by atoms with Crippen molar-refractivity contribution >= 4 is 27.3 Å². The van der Waals surface area contributed by atoms with Crippen molar-refractivity contribution in [1.29, 1.82) is 0 Å². The summed E-state index contributed by atoms with van der Waals surface area (Å²) in [4.78, 5) is 3.85. The van der Waals surface area contributed by atoms with Gasteiger partial charge in [0.25, 0.3) is 10.0 Å². The Morgan fingerprint density at radius 1 is 1.25 bits per heavy atom. The van der Waals surface area contributed by atoms with Crippen molar-refractivity contribution < 1.29 is 8.42 Å². The van der Waals surface area contributed by atoms with Gasteiger partial charge in [0, 0.05) is 24.8 Å². The summed E-state index contributed by atoms with van der Waals surface area (Å²) in [6, 6.07) is 10.1. The van der Waals surface area contributed by atoms with Crippen LogP contribution in [0.3, 0.4) is 0 Å². The highest BCUT2D eigenvalue weighted by Gasteiger charge is 2.24. The Morgan fingerprint density at radius 3 is 2.50 bits per heavy atom. The highest BCUT2D eigenvalue weighted by molar-refractivity contribution is 7.89. The summed E-state index contributed by atoms with van der Waals surface area (Å²) >= 11 is 5.80. The van der Waals surface area contributed by atoms with E-state index in [4.69, 9.17) is 17.3 Å². The average Bonchev–Trinajstić information content (AvgIpc) is 2.41. The van der Waals surface area contributed by atoms with Crippen LogP contribution in [0.25, 0.3) is 0 Å². The van der Waals surface area contributed by atoms with Crippen molar-refractivity contribution in [3.63, 3.8) is 0 Å². The van der Waals surface area contributed by atoms with Crippen LogP contribution in [0.2, 0.25) is 5.02 Å². The molecule has 0 aliphatic heterocycles. The van der Waals surface area contributed by atoms with Crippen molar-refractivity contribution in [2.75, 3.05) is 12.8 Å². The highest BCUT2D eigenvalue weighted by Crippen LogP contribution is 2.20. The standard InChI is InChI=1S/C13H14ClN3O2S/c1-17(9-10-4-6-11(14)7-5-10)20(18,19)13-12(15)3-2-8-16-13/h2-8H,9,15H2,1H3. The zero-order chi connectivity index (χ0) is 14.8. The third kappa shape index (κ3) is 3.09. The number of benzene rings is 1. The molecule has 0 amide bonds. The molecule has 0 fully saturated rings. The molecule has 5 nitrogen and oxygen atoms in total. The first-order valence-corrected chi connectivity index (χ1v) is 7.64. The Labute approximate surface area is 123 Å². The quantitative estimate of drug-likeness (QED) is 0.938. The van der Waals surface area contributed by atoms with Crippen LogP contribution in [0.5, 0.6) is 0 Å². The maximum absolute atomic E-state index is 12.4. The predicted octanol–water partition coefficient (Wildman–Crippen LogP) is 2.14. The van der Waals surface area contributed by atoms with E-state index in [-0.39, 0.29) is 17.3 Å². The fourth-order valence-corrected chi connectivity index (χ4v) is 3.00. The van der Waals surface area contributed by atoms with Crippen molar-refractivity contribution in [1.82, 2.24) is 9.29 Å². The molecule has 1 aromatic heterocycles. The minimum atomic E-state index is -3.71. The van der Waals surface area contributed by atoms with E-state index >= 15 is 0 Å². The van der Waals surface area contributed by atoms with Gasteiger partial charge in [-0.25, -0.2) is 13.4 Å². The monoisotopic (exact) mass is 311 g/mol. The zero-order valence-corrected chi connectivity index (χ0v) is 12.4. The molecule has 0 aliphatic carbocycles. The molecule has 0 aliphatic rings. The normalized spacial score (nSPS) is 11.8. The van der Waals surface area contributed by atoms with E-state index in [1.165, 1.54) is 23.6 Å². The van der Waals surface area contributed by atoms with Crippen LogP contribution in [-0.2, 0) is 16.6 Å². The molecule has 20 heavy (non-hydrogen) atoms. The van der Waals surface area contributed by atoms with E-state index in [1.807, 2.05) is 0 Å². The molecule has 2 aromatic rings. The van der Waals surface area contributed by atoms with Gasteiger partial charge in [0.2, 0.25) is 0 Å². The lowest BCUT2D eigenvalue weighted by Gasteiger charge is -2.17. The number of halogens is 1. The van der Waals surface area contributed by atoms with Gasteiger partial charge in [-0.15, -0.1) is 0 Å². The van der Waals surface area contributed by atoms with Gasteiger partial charge in [-0.3, -0.25) is 0 Å². The third-order valence-corrected chi connectivity index (χ3v) is 4.81. The van der Waals surface area contributed by atoms with Crippen LogP contribution in [-0.4, -0.2) is 24.8 Å². The second-order valence-electron chi connectivity index (χ2n) is 4.29. The van der Waals surface area contributed by atoms with Crippen LogP contribution < -0.4 is 5.73 Å². The first-order valence-electron chi connectivity index (χ1n) is 5.82. The van der Waals surface area contributed by atoms with E-state index in [1.54, 1.807) is 30.3 Å². The number of aromatic nitrogens is 1. The SMILES string of the molecule is CN(Cc1ccc(Cl)cc1)S(=O)(=O)c1ncccc1N. The van der Waals surface area contributed by atoms with Gasteiger partial charge in [-0.1, -0.05) is 23.7 Å². The minimum Gasteiger partial charge on any atom is -0.396 e. The molecule has 0 atom stereocenters. The maximum Gasteiger partial charge on any atom is 0.262 e. The predicted molar refractivity (Wildman–Crippen MR) is 78.8 cm³/mol. The van der Waals surface area contributed by atoms with E-state index in [0.717, 1.165) is 5.56 Å². The fourth-order valence-electron chi connectivity index (χ4n) is 1.70. The molecular weight excluding hydrogens is 298 g/mol.